The summed E-state index contributed by atoms with van der Waals surface area (Å²) in [6.45, 7) is 4.69. The highest BCUT2D eigenvalue weighted by atomic mass is 19.1. The smallest absolute Gasteiger partial charge is 0.342 e. The number of nitrogens with one attached hydrogen (secondary N) is 1. The van der Waals surface area contributed by atoms with Crippen LogP contribution in [0.3, 0.4) is 0 Å². The summed E-state index contributed by atoms with van der Waals surface area (Å²) in [4.78, 5) is 16.2. The van der Waals surface area contributed by atoms with Gasteiger partial charge in [0.1, 0.15) is 28.6 Å². The number of rotatable bonds is 6. The minimum Gasteiger partial charge on any atom is -0.459 e. The molecule has 0 aliphatic heterocycles. The quantitative estimate of drug-likeness (QED) is 0.783. The largest absolute Gasteiger partial charge is 0.459 e. The number of pyridine rings is 1. The molecule has 0 saturated carbocycles. The Labute approximate surface area is 144 Å². The molecule has 1 unspecified atom stereocenters. The Bertz CT molecular complexity index is 764. The Morgan fingerprint density at radius 1 is 1.36 bits per heavy atom. The van der Waals surface area contributed by atoms with E-state index in [0.29, 0.717) is 6.07 Å². The molecule has 0 fully saturated rings. The second kappa shape index (κ2) is 7.57. The van der Waals surface area contributed by atoms with Crippen LogP contribution < -0.4 is 5.32 Å². The third kappa shape index (κ3) is 4.73. The molecule has 1 atom stereocenters. The number of nitrogens with zero attached hydrogens (tertiary/aromatic N) is 1. The molecule has 0 saturated heterocycles. The third-order valence-electron chi connectivity index (χ3n) is 3.48. The van der Waals surface area contributed by atoms with Gasteiger partial charge in [-0.2, -0.15) is 0 Å². The summed E-state index contributed by atoms with van der Waals surface area (Å²) in [6.07, 6.45) is 1.18. The molecule has 0 aliphatic rings. The maximum Gasteiger partial charge on any atom is 0.342 e. The zero-order valence-electron chi connectivity index (χ0n) is 14.2. The van der Waals surface area contributed by atoms with Gasteiger partial charge in [-0.05, 0) is 39.0 Å². The zero-order valence-corrected chi connectivity index (χ0v) is 14.2. The Balaban J connectivity index is 2.19. The molecule has 0 bridgehead atoms. The fourth-order valence-corrected chi connectivity index (χ4v) is 2.27. The summed E-state index contributed by atoms with van der Waals surface area (Å²) in [5, 5.41) is 13.4. The zero-order chi connectivity index (χ0) is 18.6. The van der Waals surface area contributed by atoms with Gasteiger partial charge < -0.3 is 15.2 Å². The van der Waals surface area contributed by atoms with E-state index >= 15 is 0 Å². The van der Waals surface area contributed by atoms with Crippen molar-refractivity contribution >= 4 is 11.8 Å². The van der Waals surface area contributed by atoms with Gasteiger partial charge in [-0.3, -0.25) is 0 Å². The van der Waals surface area contributed by atoms with E-state index in [1.54, 1.807) is 19.9 Å². The average Bonchev–Trinajstić information content (AvgIpc) is 2.52. The maximum atomic E-state index is 13.9. The van der Waals surface area contributed by atoms with E-state index in [4.69, 9.17) is 4.74 Å². The Kier molecular flexibility index (Phi) is 5.69. The van der Waals surface area contributed by atoms with Gasteiger partial charge in [-0.1, -0.05) is 6.07 Å². The Morgan fingerprint density at radius 3 is 2.72 bits per heavy atom. The summed E-state index contributed by atoms with van der Waals surface area (Å²) in [5.74, 6) is -1.94. The molecule has 25 heavy (non-hydrogen) atoms. The lowest BCUT2D eigenvalue weighted by Crippen LogP contribution is -2.32. The first kappa shape index (κ1) is 18.8. The monoisotopic (exact) mass is 350 g/mol. The van der Waals surface area contributed by atoms with Crippen molar-refractivity contribution in [3.63, 3.8) is 0 Å². The number of anilines is 1. The molecule has 1 aromatic carbocycles. The Morgan fingerprint density at radius 2 is 2.08 bits per heavy atom. The SMILES string of the molecule is CC(C)OC(=O)c1cccnc1NCC(C)(O)c1ccc(F)cc1F. The normalized spacial score (nSPS) is 13.4. The van der Waals surface area contributed by atoms with Crippen LogP contribution in [0.4, 0.5) is 14.6 Å². The van der Waals surface area contributed by atoms with Crippen LogP contribution in [0.5, 0.6) is 0 Å². The summed E-state index contributed by atoms with van der Waals surface area (Å²) < 4.78 is 32.1. The number of hydrogen-bond acceptors (Lipinski definition) is 5. The summed E-state index contributed by atoms with van der Waals surface area (Å²) in [6, 6.07) is 6.07. The highest BCUT2D eigenvalue weighted by Crippen LogP contribution is 2.25. The molecule has 0 radical (unpaired) electrons. The molecular formula is C18H20F2N2O3. The van der Waals surface area contributed by atoms with Gasteiger partial charge in [-0.15, -0.1) is 0 Å². The molecule has 7 heteroatoms. The van der Waals surface area contributed by atoms with Crippen LogP contribution in [0.15, 0.2) is 36.5 Å². The first-order chi connectivity index (χ1) is 11.7. The molecule has 0 spiro atoms. The molecule has 134 valence electrons. The van der Waals surface area contributed by atoms with Gasteiger partial charge in [0.2, 0.25) is 0 Å². The highest BCUT2D eigenvalue weighted by Gasteiger charge is 2.27. The van der Waals surface area contributed by atoms with Gasteiger partial charge in [-0.25, -0.2) is 18.6 Å². The van der Waals surface area contributed by atoms with Crippen LogP contribution in [0, 0.1) is 11.6 Å². The number of hydrogen-bond donors (Lipinski definition) is 2. The molecular weight excluding hydrogens is 330 g/mol. The fraction of sp³-hybridized carbons (Fsp3) is 0.333. The summed E-state index contributed by atoms with van der Waals surface area (Å²) >= 11 is 0. The van der Waals surface area contributed by atoms with Gasteiger partial charge in [0.15, 0.2) is 0 Å². The predicted molar refractivity (Wildman–Crippen MR) is 89.2 cm³/mol. The number of ether oxygens (including phenoxy) is 1. The first-order valence-electron chi connectivity index (χ1n) is 7.78. The number of carbonyl (C=O) groups excluding carboxylic acids is 1. The lowest BCUT2D eigenvalue weighted by Gasteiger charge is -2.25. The highest BCUT2D eigenvalue weighted by molar-refractivity contribution is 5.94. The van der Waals surface area contributed by atoms with Crippen LogP contribution in [0.25, 0.3) is 0 Å². The number of aliphatic hydroxyl groups is 1. The number of aromatic nitrogens is 1. The molecule has 0 aliphatic carbocycles. The van der Waals surface area contributed by atoms with Crippen molar-refractivity contribution in [2.45, 2.75) is 32.5 Å². The predicted octanol–water partition coefficient (Wildman–Crippen LogP) is 3.24. The number of benzene rings is 1. The van der Waals surface area contributed by atoms with Crippen molar-refractivity contribution in [2.75, 3.05) is 11.9 Å². The fourth-order valence-electron chi connectivity index (χ4n) is 2.27. The number of halogens is 2. The van der Waals surface area contributed by atoms with E-state index in [0.717, 1.165) is 6.07 Å². The van der Waals surface area contributed by atoms with Crippen molar-refractivity contribution < 1.29 is 23.4 Å². The summed E-state index contributed by atoms with van der Waals surface area (Å²) in [7, 11) is 0. The van der Waals surface area contributed by atoms with Gasteiger partial charge >= 0.3 is 5.97 Å². The Hall–Kier alpha value is -2.54. The van der Waals surface area contributed by atoms with Crippen molar-refractivity contribution in [1.82, 2.24) is 4.98 Å². The molecule has 5 nitrogen and oxygen atoms in total. The first-order valence-corrected chi connectivity index (χ1v) is 7.78. The van der Waals surface area contributed by atoms with Crippen molar-refractivity contribution in [1.29, 1.82) is 0 Å². The van der Waals surface area contributed by atoms with Gasteiger partial charge in [0.25, 0.3) is 0 Å². The van der Waals surface area contributed by atoms with E-state index in [1.165, 1.54) is 25.3 Å². The summed E-state index contributed by atoms with van der Waals surface area (Å²) in [5.41, 5.74) is -1.51. The van der Waals surface area contributed by atoms with Crippen molar-refractivity contribution in [3.05, 3.63) is 59.3 Å². The molecule has 1 heterocycles. The van der Waals surface area contributed by atoms with Crippen LogP contribution in [-0.2, 0) is 10.3 Å². The van der Waals surface area contributed by atoms with Gasteiger partial charge in [0.05, 0.1) is 6.10 Å². The van der Waals surface area contributed by atoms with Crippen LogP contribution in [-0.4, -0.2) is 28.7 Å². The third-order valence-corrected chi connectivity index (χ3v) is 3.48. The number of carbonyl (C=O) groups is 1. The van der Waals surface area contributed by atoms with E-state index in [2.05, 4.69) is 10.3 Å². The second-order valence-electron chi connectivity index (χ2n) is 6.11. The molecule has 2 rings (SSSR count). The van der Waals surface area contributed by atoms with E-state index in [1.807, 2.05) is 0 Å². The minimum atomic E-state index is -1.64. The van der Waals surface area contributed by atoms with Crippen LogP contribution in [0.2, 0.25) is 0 Å². The van der Waals surface area contributed by atoms with Crippen LogP contribution in [0.1, 0.15) is 36.7 Å². The lowest BCUT2D eigenvalue weighted by atomic mass is 9.95. The maximum absolute atomic E-state index is 13.9. The average molecular weight is 350 g/mol. The second-order valence-corrected chi connectivity index (χ2v) is 6.11. The standard InChI is InChI=1S/C18H20F2N2O3/c1-11(2)25-17(23)13-5-4-8-21-16(13)22-10-18(3,24)14-7-6-12(19)9-15(14)20/h4-9,11,24H,10H2,1-3H3,(H,21,22). The van der Waals surface area contributed by atoms with E-state index in [-0.39, 0.29) is 29.6 Å². The van der Waals surface area contributed by atoms with E-state index in [9.17, 15) is 18.7 Å². The molecule has 2 aromatic rings. The molecule has 1 aromatic heterocycles. The lowest BCUT2D eigenvalue weighted by molar-refractivity contribution is 0.0377. The van der Waals surface area contributed by atoms with Crippen molar-refractivity contribution in [3.8, 4) is 0 Å². The number of esters is 1. The van der Waals surface area contributed by atoms with Crippen LogP contribution >= 0.6 is 0 Å². The topological polar surface area (TPSA) is 71.5 Å². The molecule has 0 amide bonds. The molecule has 2 N–H and O–H groups in total. The van der Waals surface area contributed by atoms with E-state index < -0.39 is 23.2 Å². The minimum absolute atomic E-state index is 0.0661. The van der Waals surface area contributed by atoms with Crippen molar-refractivity contribution in [2.24, 2.45) is 0 Å². The van der Waals surface area contributed by atoms with Gasteiger partial charge in [0, 0.05) is 24.4 Å².